The average Bonchev–Trinajstić information content (AvgIpc) is 2.30. The molecule has 82 valence electrons. The molecule has 0 atom stereocenters. The first-order chi connectivity index (χ1) is 7.74. The summed E-state index contributed by atoms with van der Waals surface area (Å²) in [5.74, 6) is 0.885. The van der Waals surface area contributed by atoms with E-state index in [0.717, 1.165) is 16.3 Å². The maximum atomic E-state index is 5.80. The molecule has 2 rings (SSSR count). The average molecular weight is 345 g/mol. The fraction of sp³-hybridized carbons (Fsp3) is 0.0769. The maximum absolute atomic E-state index is 5.80. The molecule has 0 aromatic heterocycles. The third kappa shape index (κ3) is 3.39. The zero-order valence-electron chi connectivity index (χ0n) is 8.49. The molecule has 2 aromatic carbocycles. The Hall–Kier alpha value is -0.740. The Morgan fingerprint density at radius 3 is 2.19 bits per heavy atom. The molecule has 0 bridgehead atoms. The summed E-state index contributed by atoms with van der Waals surface area (Å²) in [7, 11) is 0. The van der Waals surface area contributed by atoms with Gasteiger partial charge in [0, 0.05) is 8.59 Å². The van der Waals surface area contributed by atoms with Crippen molar-refractivity contribution in [3.8, 4) is 5.75 Å². The van der Waals surface area contributed by atoms with Crippen LogP contribution in [0.5, 0.6) is 5.75 Å². The largest absolute Gasteiger partial charge is 0.489 e. The van der Waals surface area contributed by atoms with Crippen molar-refractivity contribution in [1.29, 1.82) is 0 Å². The highest BCUT2D eigenvalue weighted by Crippen LogP contribution is 2.16. The van der Waals surface area contributed by atoms with E-state index >= 15 is 0 Å². The molecule has 0 aliphatic heterocycles. The van der Waals surface area contributed by atoms with Gasteiger partial charge in [0.15, 0.2) is 0 Å². The quantitative estimate of drug-likeness (QED) is 0.744. The summed E-state index contributed by atoms with van der Waals surface area (Å²) in [5, 5.41) is 0.748. The highest BCUT2D eigenvalue weighted by molar-refractivity contribution is 14.1. The summed E-state index contributed by atoms with van der Waals surface area (Å²) in [6, 6.07) is 15.7. The van der Waals surface area contributed by atoms with Gasteiger partial charge in [0.2, 0.25) is 0 Å². The number of hydrogen-bond donors (Lipinski definition) is 0. The van der Waals surface area contributed by atoms with Gasteiger partial charge in [-0.3, -0.25) is 0 Å². The van der Waals surface area contributed by atoms with E-state index in [1.165, 1.54) is 3.57 Å². The molecule has 2 aromatic rings. The third-order valence-electron chi connectivity index (χ3n) is 2.13. The van der Waals surface area contributed by atoms with Crippen LogP contribution in [-0.4, -0.2) is 0 Å². The molecule has 0 fully saturated rings. The lowest BCUT2D eigenvalue weighted by atomic mass is 10.2. The Labute approximate surface area is 114 Å². The van der Waals surface area contributed by atoms with E-state index in [4.69, 9.17) is 16.3 Å². The summed E-state index contributed by atoms with van der Waals surface area (Å²) in [5.41, 5.74) is 1.11. The van der Waals surface area contributed by atoms with Crippen LogP contribution >= 0.6 is 34.2 Å². The van der Waals surface area contributed by atoms with E-state index in [0.29, 0.717) is 6.61 Å². The molecule has 0 spiro atoms. The van der Waals surface area contributed by atoms with Gasteiger partial charge in [0.1, 0.15) is 12.4 Å². The summed E-state index contributed by atoms with van der Waals surface area (Å²) in [4.78, 5) is 0. The monoisotopic (exact) mass is 344 g/mol. The van der Waals surface area contributed by atoms with Crippen molar-refractivity contribution in [2.24, 2.45) is 0 Å². The minimum atomic E-state index is 0.567. The van der Waals surface area contributed by atoms with E-state index in [2.05, 4.69) is 22.6 Å². The van der Waals surface area contributed by atoms with Crippen LogP contribution in [-0.2, 0) is 6.61 Å². The predicted octanol–water partition coefficient (Wildman–Crippen LogP) is 4.52. The first kappa shape index (κ1) is 11.7. The molecule has 0 saturated carbocycles. The normalized spacial score (nSPS) is 10.1. The van der Waals surface area contributed by atoms with Crippen molar-refractivity contribution >= 4 is 34.2 Å². The van der Waals surface area contributed by atoms with Crippen LogP contribution in [0.4, 0.5) is 0 Å². The Morgan fingerprint density at radius 2 is 1.56 bits per heavy atom. The Balaban J connectivity index is 1.97. The van der Waals surface area contributed by atoms with Crippen molar-refractivity contribution in [3.63, 3.8) is 0 Å². The fourth-order valence-electron chi connectivity index (χ4n) is 1.28. The summed E-state index contributed by atoms with van der Waals surface area (Å²) in [6.45, 7) is 0.567. The lowest BCUT2D eigenvalue weighted by Gasteiger charge is -2.06. The van der Waals surface area contributed by atoms with E-state index in [9.17, 15) is 0 Å². The predicted molar refractivity (Wildman–Crippen MR) is 74.9 cm³/mol. The van der Waals surface area contributed by atoms with Gasteiger partial charge in [-0.15, -0.1) is 0 Å². The Bertz CT molecular complexity index is 405. The van der Waals surface area contributed by atoms with E-state index in [-0.39, 0.29) is 0 Å². The van der Waals surface area contributed by atoms with Crippen LogP contribution < -0.4 is 4.74 Å². The van der Waals surface area contributed by atoms with Gasteiger partial charge in [-0.1, -0.05) is 23.7 Å². The second-order valence-electron chi connectivity index (χ2n) is 3.37. The van der Waals surface area contributed by atoms with Crippen LogP contribution in [0.2, 0.25) is 5.02 Å². The topological polar surface area (TPSA) is 9.23 Å². The molecule has 0 aliphatic carbocycles. The third-order valence-corrected chi connectivity index (χ3v) is 3.10. The van der Waals surface area contributed by atoms with Crippen LogP contribution in [0, 0.1) is 3.57 Å². The first-order valence-electron chi connectivity index (χ1n) is 4.87. The van der Waals surface area contributed by atoms with Gasteiger partial charge >= 0.3 is 0 Å². The highest BCUT2D eigenvalue weighted by atomic mass is 127. The van der Waals surface area contributed by atoms with Crippen molar-refractivity contribution in [3.05, 3.63) is 62.7 Å². The second-order valence-corrected chi connectivity index (χ2v) is 5.05. The Morgan fingerprint density at radius 1 is 0.938 bits per heavy atom. The van der Waals surface area contributed by atoms with Gasteiger partial charge in [0.25, 0.3) is 0 Å². The van der Waals surface area contributed by atoms with Crippen molar-refractivity contribution in [2.75, 3.05) is 0 Å². The minimum Gasteiger partial charge on any atom is -0.489 e. The summed E-state index contributed by atoms with van der Waals surface area (Å²) in [6.07, 6.45) is 0. The van der Waals surface area contributed by atoms with E-state index < -0.39 is 0 Å². The number of halogens is 2. The molecular formula is C13H10ClIO. The minimum absolute atomic E-state index is 0.567. The van der Waals surface area contributed by atoms with Crippen LogP contribution in [0.25, 0.3) is 0 Å². The van der Waals surface area contributed by atoms with Crippen molar-refractivity contribution < 1.29 is 4.74 Å². The molecule has 0 N–H and O–H groups in total. The van der Waals surface area contributed by atoms with Gasteiger partial charge in [-0.2, -0.15) is 0 Å². The number of rotatable bonds is 3. The molecule has 16 heavy (non-hydrogen) atoms. The van der Waals surface area contributed by atoms with Gasteiger partial charge in [-0.05, 0) is 64.6 Å². The van der Waals surface area contributed by atoms with Crippen LogP contribution in [0.3, 0.4) is 0 Å². The van der Waals surface area contributed by atoms with E-state index in [1.54, 1.807) is 0 Å². The summed E-state index contributed by atoms with van der Waals surface area (Å²) < 4.78 is 6.85. The molecule has 3 heteroatoms. The van der Waals surface area contributed by atoms with E-state index in [1.807, 2.05) is 48.5 Å². The second kappa shape index (κ2) is 5.55. The lowest BCUT2D eigenvalue weighted by molar-refractivity contribution is 0.306. The standard InChI is InChI=1S/C13H10ClIO/c14-11-3-1-10(2-4-11)9-16-13-7-5-12(15)6-8-13/h1-8H,9H2. The van der Waals surface area contributed by atoms with Crippen molar-refractivity contribution in [1.82, 2.24) is 0 Å². The number of hydrogen-bond acceptors (Lipinski definition) is 1. The maximum Gasteiger partial charge on any atom is 0.119 e. The molecule has 0 heterocycles. The molecule has 0 saturated heterocycles. The SMILES string of the molecule is Clc1ccc(COc2ccc(I)cc2)cc1. The van der Waals surface area contributed by atoms with Gasteiger partial charge < -0.3 is 4.74 Å². The molecule has 0 radical (unpaired) electrons. The van der Waals surface area contributed by atoms with Crippen molar-refractivity contribution in [2.45, 2.75) is 6.61 Å². The zero-order valence-corrected chi connectivity index (χ0v) is 11.4. The number of ether oxygens (including phenoxy) is 1. The molecule has 0 aliphatic rings. The molecular weight excluding hydrogens is 334 g/mol. The van der Waals surface area contributed by atoms with Gasteiger partial charge in [0.05, 0.1) is 0 Å². The molecule has 0 unspecified atom stereocenters. The molecule has 1 nitrogen and oxygen atoms in total. The summed E-state index contributed by atoms with van der Waals surface area (Å²) >= 11 is 8.07. The zero-order chi connectivity index (χ0) is 11.4. The van der Waals surface area contributed by atoms with Gasteiger partial charge in [-0.25, -0.2) is 0 Å². The molecule has 0 amide bonds. The highest BCUT2D eigenvalue weighted by Gasteiger charge is 1.96. The van der Waals surface area contributed by atoms with Crippen LogP contribution in [0.15, 0.2) is 48.5 Å². The first-order valence-corrected chi connectivity index (χ1v) is 6.32. The Kier molecular flexibility index (Phi) is 4.07. The fourth-order valence-corrected chi connectivity index (χ4v) is 1.76. The number of benzene rings is 2. The smallest absolute Gasteiger partial charge is 0.119 e. The lowest BCUT2D eigenvalue weighted by Crippen LogP contribution is -1.94. The van der Waals surface area contributed by atoms with Crippen LogP contribution in [0.1, 0.15) is 5.56 Å².